The maximum atomic E-state index is 6.20. The van der Waals surface area contributed by atoms with Crippen molar-refractivity contribution in [2.24, 2.45) is 5.73 Å². The first-order valence-electron chi connectivity index (χ1n) is 5.21. The lowest BCUT2D eigenvalue weighted by atomic mass is 9.73. The number of halogens is 1. The van der Waals surface area contributed by atoms with E-state index in [1.165, 1.54) is 11.3 Å². The summed E-state index contributed by atoms with van der Waals surface area (Å²) in [5, 5.41) is 0. The van der Waals surface area contributed by atoms with E-state index in [0.717, 1.165) is 23.6 Å². The molecule has 1 heterocycles. The Labute approximate surface area is 99.4 Å². The molecule has 1 fully saturated rings. The molecule has 2 nitrogen and oxygen atoms in total. The van der Waals surface area contributed by atoms with E-state index in [4.69, 9.17) is 22.1 Å². The molecule has 1 aliphatic rings. The third kappa shape index (κ3) is 2.21. The second-order valence-corrected chi connectivity index (χ2v) is 5.94. The van der Waals surface area contributed by atoms with Gasteiger partial charge in [-0.1, -0.05) is 11.6 Å². The van der Waals surface area contributed by atoms with Crippen LogP contribution in [0.1, 0.15) is 24.1 Å². The fourth-order valence-corrected chi connectivity index (χ4v) is 3.26. The Balaban J connectivity index is 1.99. The second-order valence-electron chi connectivity index (χ2n) is 4.14. The maximum absolute atomic E-state index is 6.20. The number of hydrogen-bond acceptors (Lipinski definition) is 3. The lowest BCUT2D eigenvalue weighted by molar-refractivity contribution is -0.0895. The van der Waals surface area contributed by atoms with Gasteiger partial charge in [-0.15, -0.1) is 11.3 Å². The van der Waals surface area contributed by atoms with E-state index in [1.807, 2.05) is 6.07 Å². The van der Waals surface area contributed by atoms with Crippen molar-refractivity contribution in [1.82, 2.24) is 0 Å². The summed E-state index contributed by atoms with van der Waals surface area (Å²) in [7, 11) is 1.76. The summed E-state index contributed by atoms with van der Waals surface area (Å²) in [6.07, 6.45) is 4.27. The largest absolute Gasteiger partial charge is 0.377 e. The number of hydrogen-bond donors (Lipinski definition) is 1. The number of ether oxygens (including phenoxy) is 1. The van der Waals surface area contributed by atoms with Crippen molar-refractivity contribution >= 4 is 22.9 Å². The third-order valence-electron chi connectivity index (χ3n) is 3.33. The van der Waals surface area contributed by atoms with Crippen LogP contribution < -0.4 is 5.73 Å². The molecule has 0 saturated heterocycles. The lowest BCUT2D eigenvalue weighted by Crippen LogP contribution is -2.55. The molecular formula is C11H16ClNOS. The van der Waals surface area contributed by atoms with Gasteiger partial charge < -0.3 is 10.5 Å². The summed E-state index contributed by atoms with van der Waals surface area (Å²) < 4.78 is 6.39. The molecule has 1 aromatic heterocycles. The average Bonchev–Trinajstić information content (AvgIpc) is 2.50. The molecule has 15 heavy (non-hydrogen) atoms. The van der Waals surface area contributed by atoms with Crippen LogP contribution in [0.15, 0.2) is 12.1 Å². The predicted molar refractivity (Wildman–Crippen MR) is 64.6 cm³/mol. The Morgan fingerprint density at radius 1 is 1.60 bits per heavy atom. The zero-order valence-corrected chi connectivity index (χ0v) is 10.4. The monoisotopic (exact) mass is 245 g/mol. The average molecular weight is 246 g/mol. The van der Waals surface area contributed by atoms with Crippen molar-refractivity contribution in [1.29, 1.82) is 0 Å². The molecule has 1 atom stereocenters. The van der Waals surface area contributed by atoms with Gasteiger partial charge in [0.1, 0.15) is 0 Å². The van der Waals surface area contributed by atoms with Gasteiger partial charge >= 0.3 is 0 Å². The minimum atomic E-state index is -0.0730. The quantitative estimate of drug-likeness (QED) is 0.886. The van der Waals surface area contributed by atoms with Gasteiger partial charge in [-0.2, -0.15) is 0 Å². The molecule has 0 aliphatic heterocycles. The number of rotatable bonds is 4. The molecule has 4 heteroatoms. The first kappa shape index (κ1) is 11.4. The highest BCUT2D eigenvalue weighted by Gasteiger charge is 2.42. The predicted octanol–water partition coefficient (Wildman–Crippen LogP) is 2.84. The van der Waals surface area contributed by atoms with Crippen molar-refractivity contribution in [3.8, 4) is 0 Å². The summed E-state index contributed by atoms with van der Waals surface area (Å²) in [5.41, 5.74) is 6.13. The van der Waals surface area contributed by atoms with Gasteiger partial charge in [0.2, 0.25) is 0 Å². The van der Waals surface area contributed by atoms with E-state index >= 15 is 0 Å². The van der Waals surface area contributed by atoms with Crippen LogP contribution in [0, 0.1) is 0 Å². The Bertz CT molecular complexity index is 330. The minimum Gasteiger partial charge on any atom is -0.377 e. The van der Waals surface area contributed by atoms with Gasteiger partial charge in [-0.25, -0.2) is 0 Å². The summed E-state index contributed by atoms with van der Waals surface area (Å²) in [4.78, 5) is 1.25. The maximum Gasteiger partial charge on any atom is 0.0931 e. The van der Waals surface area contributed by atoms with E-state index in [9.17, 15) is 0 Å². The Kier molecular flexibility index (Phi) is 3.36. The molecular weight excluding hydrogens is 230 g/mol. The van der Waals surface area contributed by atoms with Crippen LogP contribution in [-0.2, 0) is 11.2 Å². The van der Waals surface area contributed by atoms with Gasteiger partial charge in [-0.3, -0.25) is 0 Å². The molecule has 1 unspecified atom stereocenters. The highest BCUT2D eigenvalue weighted by atomic mass is 35.5. The fourth-order valence-electron chi connectivity index (χ4n) is 2.12. The third-order valence-corrected chi connectivity index (χ3v) is 4.59. The lowest BCUT2D eigenvalue weighted by Gasteiger charge is -2.45. The first-order valence-corrected chi connectivity index (χ1v) is 6.41. The summed E-state index contributed by atoms with van der Waals surface area (Å²) in [6.45, 7) is 0. The molecule has 2 rings (SSSR count). The minimum absolute atomic E-state index is 0.0730. The van der Waals surface area contributed by atoms with Crippen molar-refractivity contribution in [3.05, 3.63) is 21.3 Å². The summed E-state index contributed by atoms with van der Waals surface area (Å²) >= 11 is 7.49. The van der Waals surface area contributed by atoms with Crippen LogP contribution in [0.3, 0.4) is 0 Å². The van der Waals surface area contributed by atoms with E-state index in [1.54, 1.807) is 18.4 Å². The number of thiophene rings is 1. The van der Waals surface area contributed by atoms with Crippen molar-refractivity contribution in [3.63, 3.8) is 0 Å². The van der Waals surface area contributed by atoms with Crippen molar-refractivity contribution in [2.45, 2.75) is 37.3 Å². The van der Waals surface area contributed by atoms with Crippen LogP contribution in [0.5, 0.6) is 0 Å². The molecule has 2 N–H and O–H groups in total. The molecule has 0 spiro atoms. The molecule has 0 aromatic carbocycles. The van der Waals surface area contributed by atoms with Gasteiger partial charge in [0.15, 0.2) is 0 Å². The first-order chi connectivity index (χ1) is 7.16. The number of nitrogens with two attached hydrogens (primary N) is 1. The normalized spacial score (nSPS) is 21.0. The van der Waals surface area contributed by atoms with Crippen LogP contribution in [0.25, 0.3) is 0 Å². The van der Waals surface area contributed by atoms with Crippen LogP contribution >= 0.6 is 22.9 Å². The molecule has 0 radical (unpaired) electrons. The van der Waals surface area contributed by atoms with Crippen LogP contribution in [0.2, 0.25) is 4.34 Å². The molecule has 1 aliphatic carbocycles. The van der Waals surface area contributed by atoms with E-state index < -0.39 is 0 Å². The van der Waals surface area contributed by atoms with Crippen LogP contribution in [0.4, 0.5) is 0 Å². The van der Waals surface area contributed by atoms with Crippen molar-refractivity contribution < 1.29 is 4.74 Å². The Morgan fingerprint density at radius 2 is 2.33 bits per heavy atom. The van der Waals surface area contributed by atoms with E-state index in [-0.39, 0.29) is 11.6 Å². The Hall–Kier alpha value is -0.0900. The molecule has 0 bridgehead atoms. The van der Waals surface area contributed by atoms with E-state index in [2.05, 4.69) is 6.07 Å². The van der Waals surface area contributed by atoms with Gasteiger partial charge in [-0.05, 0) is 37.8 Å². The second kappa shape index (κ2) is 4.42. The topological polar surface area (TPSA) is 35.2 Å². The van der Waals surface area contributed by atoms with Crippen LogP contribution in [-0.4, -0.2) is 18.8 Å². The standard InChI is InChI=1S/C11H16ClNOS/c1-14-11(5-2-6-11)9(13)7-8-3-4-10(12)15-8/h3-4,9H,2,5-7,13H2,1H3. The van der Waals surface area contributed by atoms with E-state index in [0.29, 0.717) is 0 Å². The van der Waals surface area contributed by atoms with Gasteiger partial charge in [0, 0.05) is 18.0 Å². The molecule has 0 amide bonds. The molecule has 84 valence electrons. The molecule has 1 saturated carbocycles. The smallest absolute Gasteiger partial charge is 0.0931 e. The molecule has 1 aromatic rings. The SMILES string of the molecule is COC1(C(N)Cc2ccc(Cl)s2)CCC1. The highest BCUT2D eigenvalue weighted by molar-refractivity contribution is 7.16. The summed E-state index contributed by atoms with van der Waals surface area (Å²) in [5.74, 6) is 0. The Morgan fingerprint density at radius 3 is 2.73 bits per heavy atom. The fraction of sp³-hybridized carbons (Fsp3) is 0.636. The number of methoxy groups -OCH3 is 1. The van der Waals surface area contributed by atoms with Crippen molar-refractivity contribution in [2.75, 3.05) is 7.11 Å². The highest BCUT2D eigenvalue weighted by Crippen LogP contribution is 2.38. The van der Waals surface area contributed by atoms with Gasteiger partial charge in [0.05, 0.1) is 9.94 Å². The van der Waals surface area contributed by atoms with Gasteiger partial charge in [0.25, 0.3) is 0 Å². The zero-order chi connectivity index (χ0) is 10.9. The zero-order valence-electron chi connectivity index (χ0n) is 8.83. The summed E-state index contributed by atoms with van der Waals surface area (Å²) in [6, 6.07) is 4.06.